The molecule has 15 heavy (non-hydrogen) atoms. The molecule has 0 amide bonds. The lowest BCUT2D eigenvalue weighted by atomic mass is 9.90. The molecule has 0 radical (unpaired) electrons. The van der Waals surface area contributed by atoms with Gasteiger partial charge >= 0.3 is 0 Å². The van der Waals surface area contributed by atoms with E-state index in [0.717, 1.165) is 17.3 Å². The van der Waals surface area contributed by atoms with Crippen LogP contribution >= 0.6 is 15.9 Å². The summed E-state index contributed by atoms with van der Waals surface area (Å²) in [6.07, 6.45) is 5.63. The number of rotatable bonds is 1. The van der Waals surface area contributed by atoms with Crippen molar-refractivity contribution in [2.24, 2.45) is 0 Å². The van der Waals surface area contributed by atoms with Crippen LogP contribution in [0.3, 0.4) is 0 Å². The second kappa shape index (κ2) is 5.13. The number of hydrogen-bond donors (Lipinski definition) is 1. The first-order valence-corrected chi connectivity index (χ1v) is 6.50. The number of aliphatic hydroxyl groups is 1. The number of hydrogen-bond acceptors (Lipinski definition) is 1. The van der Waals surface area contributed by atoms with Crippen molar-refractivity contribution in [2.75, 3.05) is 0 Å². The van der Waals surface area contributed by atoms with E-state index in [9.17, 15) is 5.11 Å². The van der Waals surface area contributed by atoms with Crippen molar-refractivity contribution in [3.05, 3.63) is 34.3 Å². The predicted octanol–water partition coefficient (Wildman–Crippen LogP) is 3.86. The maximum absolute atomic E-state index is 10.1. The molecule has 1 aliphatic rings. The Bertz CT molecular complexity index is 307. The van der Waals surface area contributed by atoms with Crippen molar-refractivity contribution in [2.45, 2.75) is 44.1 Å². The van der Waals surface area contributed by atoms with E-state index in [1.807, 2.05) is 0 Å². The second-order valence-electron chi connectivity index (χ2n) is 4.36. The smallest absolute Gasteiger partial charge is 0.0608 e. The first-order chi connectivity index (χ1) is 7.27. The quantitative estimate of drug-likeness (QED) is 0.767. The van der Waals surface area contributed by atoms with E-state index < -0.39 is 0 Å². The molecule has 1 aromatic rings. The summed E-state index contributed by atoms with van der Waals surface area (Å²) < 4.78 is 1.11. The third-order valence-electron chi connectivity index (χ3n) is 3.28. The van der Waals surface area contributed by atoms with Gasteiger partial charge < -0.3 is 5.11 Å². The van der Waals surface area contributed by atoms with E-state index in [1.165, 1.54) is 24.8 Å². The summed E-state index contributed by atoms with van der Waals surface area (Å²) >= 11 is 3.44. The van der Waals surface area contributed by atoms with Crippen LogP contribution in [-0.4, -0.2) is 11.2 Å². The van der Waals surface area contributed by atoms with Gasteiger partial charge in [-0.25, -0.2) is 0 Å². The molecule has 2 unspecified atom stereocenters. The number of aliphatic hydroxyl groups excluding tert-OH is 1. The molecule has 1 nitrogen and oxygen atoms in total. The molecular weight excluding hydrogens is 252 g/mol. The molecule has 2 atom stereocenters. The molecule has 2 heteroatoms. The molecule has 1 saturated carbocycles. The van der Waals surface area contributed by atoms with Gasteiger partial charge in [-0.1, -0.05) is 47.3 Å². The van der Waals surface area contributed by atoms with Crippen LogP contribution in [0.15, 0.2) is 28.7 Å². The lowest BCUT2D eigenvalue weighted by Crippen LogP contribution is -2.16. The summed E-state index contributed by atoms with van der Waals surface area (Å²) in [5.74, 6) is 0.348. The molecule has 1 aromatic carbocycles. The van der Waals surface area contributed by atoms with Crippen LogP contribution < -0.4 is 0 Å². The molecular formula is C13H17BrO. The summed E-state index contributed by atoms with van der Waals surface area (Å²) in [4.78, 5) is 0. The van der Waals surface area contributed by atoms with Crippen molar-refractivity contribution in [1.29, 1.82) is 0 Å². The summed E-state index contributed by atoms with van der Waals surface area (Å²) in [5, 5.41) is 10.1. The van der Waals surface area contributed by atoms with Gasteiger partial charge in [-0.2, -0.15) is 0 Å². The van der Waals surface area contributed by atoms with Crippen molar-refractivity contribution in [1.82, 2.24) is 0 Å². The topological polar surface area (TPSA) is 20.2 Å². The maximum Gasteiger partial charge on any atom is 0.0608 e. The van der Waals surface area contributed by atoms with E-state index in [0.29, 0.717) is 5.92 Å². The zero-order chi connectivity index (χ0) is 10.7. The normalized spacial score (nSPS) is 27.3. The Hall–Kier alpha value is -0.340. The Morgan fingerprint density at radius 2 is 1.67 bits per heavy atom. The number of halogens is 1. The van der Waals surface area contributed by atoms with Crippen LogP contribution in [0.1, 0.15) is 43.6 Å². The van der Waals surface area contributed by atoms with E-state index >= 15 is 0 Å². The minimum absolute atomic E-state index is 0.145. The Morgan fingerprint density at radius 1 is 1.00 bits per heavy atom. The van der Waals surface area contributed by atoms with Crippen molar-refractivity contribution in [3.63, 3.8) is 0 Å². The van der Waals surface area contributed by atoms with Gasteiger partial charge in [0.25, 0.3) is 0 Å². The SMILES string of the molecule is OC1CCCCCC1c1ccc(Br)cc1. The molecule has 0 aliphatic heterocycles. The minimum Gasteiger partial charge on any atom is -0.392 e. The maximum atomic E-state index is 10.1. The van der Waals surface area contributed by atoms with Gasteiger partial charge in [0, 0.05) is 10.4 Å². The standard InChI is InChI=1S/C13H17BrO/c14-11-8-6-10(7-9-11)12-4-2-1-3-5-13(12)15/h6-9,12-13,15H,1-5H2. The van der Waals surface area contributed by atoms with Gasteiger partial charge in [0.15, 0.2) is 0 Å². The average molecular weight is 269 g/mol. The van der Waals surface area contributed by atoms with Crippen LogP contribution in [0.2, 0.25) is 0 Å². The third-order valence-corrected chi connectivity index (χ3v) is 3.81. The van der Waals surface area contributed by atoms with Crippen molar-refractivity contribution in [3.8, 4) is 0 Å². The second-order valence-corrected chi connectivity index (χ2v) is 5.28. The molecule has 1 fully saturated rings. The Kier molecular flexibility index (Phi) is 3.81. The number of benzene rings is 1. The molecule has 0 bridgehead atoms. The Labute approximate surface area is 99.6 Å². The average Bonchev–Trinajstić information content (AvgIpc) is 2.44. The van der Waals surface area contributed by atoms with Gasteiger partial charge in [0.1, 0.15) is 0 Å². The summed E-state index contributed by atoms with van der Waals surface area (Å²) in [6, 6.07) is 8.38. The molecule has 2 rings (SSSR count). The summed E-state index contributed by atoms with van der Waals surface area (Å²) in [5.41, 5.74) is 1.28. The molecule has 1 aliphatic carbocycles. The molecule has 82 valence electrons. The zero-order valence-corrected chi connectivity index (χ0v) is 10.4. The third kappa shape index (κ3) is 2.82. The highest BCUT2D eigenvalue weighted by Crippen LogP contribution is 2.32. The van der Waals surface area contributed by atoms with E-state index in [1.54, 1.807) is 0 Å². The van der Waals surface area contributed by atoms with Gasteiger partial charge in [-0.05, 0) is 30.5 Å². The fourth-order valence-corrected chi connectivity index (χ4v) is 2.65. The van der Waals surface area contributed by atoms with Gasteiger partial charge in [0.2, 0.25) is 0 Å². The monoisotopic (exact) mass is 268 g/mol. The highest BCUT2D eigenvalue weighted by Gasteiger charge is 2.22. The highest BCUT2D eigenvalue weighted by atomic mass is 79.9. The first-order valence-electron chi connectivity index (χ1n) is 5.71. The van der Waals surface area contributed by atoms with Crippen LogP contribution in [0.25, 0.3) is 0 Å². The van der Waals surface area contributed by atoms with Crippen molar-refractivity contribution >= 4 is 15.9 Å². The van der Waals surface area contributed by atoms with E-state index in [-0.39, 0.29) is 6.10 Å². The van der Waals surface area contributed by atoms with Crippen LogP contribution in [-0.2, 0) is 0 Å². The molecule has 0 aromatic heterocycles. The first kappa shape index (κ1) is 11.2. The van der Waals surface area contributed by atoms with Crippen LogP contribution in [0.4, 0.5) is 0 Å². The molecule has 1 N–H and O–H groups in total. The lowest BCUT2D eigenvalue weighted by molar-refractivity contribution is 0.135. The lowest BCUT2D eigenvalue weighted by Gasteiger charge is -2.20. The minimum atomic E-state index is -0.145. The highest BCUT2D eigenvalue weighted by molar-refractivity contribution is 9.10. The molecule has 0 heterocycles. The van der Waals surface area contributed by atoms with Gasteiger partial charge in [-0.15, -0.1) is 0 Å². The predicted molar refractivity (Wildman–Crippen MR) is 66.0 cm³/mol. The van der Waals surface area contributed by atoms with Crippen molar-refractivity contribution < 1.29 is 5.11 Å². The zero-order valence-electron chi connectivity index (χ0n) is 8.82. The fraction of sp³-hybridized carbons (Fsp3) is 0.538. The van der Waals surface area contributed by atoms with E-state index in [4.69, 9.17) is 0 Å². The van der Waals surface area contributed by atoms with Gasteiger partial charge in [-0.3, -0.25) is 0 Å². The molecule has 0 saturated heterocycles. The van der Waals surface area contributed by atoms with Crippen LogP contribution in [0.5, 0.6) is 0 Å². The largest absolute Gasteiger partial charge is 0.392 e. The van der Waals surface area contributed by atoms with Gasteiger partial charge in [0.05, 0.1) is 6.10 Å². The van der Waals surface area contributed by atoms with Crippen LogP contribution in [0, 0.1) is 0 Å². The fourth-order valence-electron chi connectivity index (χ4n) is 2.39. The van der Waals surface area contributed by atoms with E-state index in [2.05, 4.69) is 40.2 Å². The Morgan fingerprint density at radius 3 is 2.40 bits per heavy atom. The summed E-state index contributed by atoms with van der Waals surface area (Å²) in [6.45, 7) is 0. The molecule has 0 spiro atoms. The Balaban J connectivity index is 2.16. The summed E-state index contributed by atoms with van der Waals surface area (Å²) in [7, 11) is 0.